The number of nitriles is 1. The fourth-order valence-electron chi connectivity index (χ4n) is 7.52. The summed E-state index contributed by atoms with van der Waals surface area (Å²) >= 11 is 0. The van der Waals surface area contributed by atoms with E-state index < -0.39 is 0 Å². The van der Waals surface area contributed by atoms with Gasteiger partial charge in [-0.15, -0.1) is 0 Å². The van der Waals surface area contributed by atoms with E-state index >= 15 is 0 Å². The molecule has 3 fully saturated rings. The van der Waals surface area contributed by atoms with Crippen molar-refractivity contribution in [3.05, 3.63) is 42.1 Å². The number of fused-ring (bicyclic) bond motifs is 5. The van der Waals surface area contributed by atoms with Crippen LogP contribution >= 0.6 is 0 Å². The Bertz CT molecular complexity index is 980. The molecule has 0 radical (unpaired) electrons. The zero-order valence-corrected chi connectivity index (χ0v) is 18.4. The molecule has 5 heteroatoms. The van der Waals surface area contributed by atoms with E-state index in [0.717, 1.165) is 44.3 Å². The van der Waals surface area contributed by atoms with Crippen LogP contribution in [0.5, 0.6) is 0 Å². The SMILES string of the molecule is C[C@]12CCC(=O)C=C1NC[C@@H]1[C@H]2CC[C@]2(C)C(C(=O)N(C#N)c3ccccc3)CC[C@@H]12. The van der Waals surface area contributed by atoms with Gasteiger partial charge in [0.05, 0.1) is 5.69 Å². The normalized spacial score (nSPS) is 38.6. The number of rotatable bonds is 2. The minimum atomic E-state index is -0.115. The van der Waals surface area contributed by atoms with Gasteiger partial charge in [0.1, 0.15) is 0 Å². The molecule has 0 spiro atoms. The average molecular weight is 418 g/mol. The highest BCUT2D eigenvalue weighted by atomic mass is 16.2. The number of nitrogens with zero attached hydrogens (tertiary/aromatic N) is 2. The van der Waals surface area contributed by atoms with Gasteiger partial charge in [-0.2, -0.15) is 5.26 Å². The summed E-state index contributed by atoms with van der Waals surface area (Å²) in [4.78, 5) is 26.9. The number of hydrogen-bond donors (Lipinski definition) is 1. The lowest BCUT2D eigenvalue weighted by Gasteiger charge is -2.58. The van der Waals surface area contributed by atoms with Gasteiger partial charge in [-0.1, -0.05) is 32.0 Å². The summed E-state index contributed by atoms with van der Waals surface area (Å²) in [6.07, 6.45) is 9.55. The van der Waals surface area contributed by atoms with Crippen LogP contribution in [0.15, 0.2) is 42.1 Å². The minimum Gasteiger partial charge on any atom is -0.387 e. The fraction of sp³-hybridized carbons (Fsp3) is 0.577. The van der Waals surface area contributed by atoms with Crippen LogP contribution < -0.4 is 10.2 Å². The van der Waals surface area contributed by atoms with Crippen LogP contribution in [0.4, 0.5) is 5.69 Å². The van der Waals surface area contributed by atoms with Crippen molar-refractivity contribution in [2.45, 2.75) is 52.4 Å². The van der Waals surface area contributed by atoms with Gasteiger partial charge >= 0.3 is 0 Å². The molecule has 0 bridgehead atoms. The predicted molar refractivity (Wildman–Crippen MR) is 119 cm³/mol. The average Bonchev–Trinajstić information content (AvgIpc) is 3.12. The lowest BCUT2D eigenvalue weighted by molar-refractivity contribution is -0.129. The number of benzene rings is 1. The Kier molecular flexibility index (Phi) is 4.73. The monoisotopic (exact) mass is 417 g/mol. The van der Waals surface area contributed by atoms with Crippen LogP contribution in [0.2, 0.25) is 0 Å². The number of carbonyl (C=O) groups is 2. The number of para-hydroxylation sites is 1. The van der Waals surface area contributed by atoms with Crippen molar-refractivity contribution in [3.63, 3.8) is 0 Å². The molecule has 3 aliphatic carbocycles. The second kappa shape index (κ2) is 7.22. The topological polar surface area (TPSA) is 73.2 Å². The van der Waals surface area contributed by atoms with Crippen LogP contribution in [0, 0.1) is 46.0 Å². The van der Waals surface area contributed by atoms with Crippen molar-refractivity contribution in [2.24, 2.45) is 34.5 Å². The quantitative estimate of drug-likeness (QED) is 0.571. The molecule has 31 heavy (non-hydrogen) atoms. The largest absolute Gasteiger partial charge is 0.387 e. The molecule has 162 valence electrons. The Morgan fingerprint density at radius 1 is 1.13 bits per heavy atom. The van der Waals surface area contributed by atoms with Gasteiger partial charge in [0.2, 0.25) is 5.91 Å². The lowest BCUT2D eigenvalue weighted by Crippen LogP contribution is -2.57. The first-order chi connectivity index (χ1) is 14.9. The number of ketones is 1. The fourth-order valence-corrected chi connectivity index (χ4v) is 7.52. The molecule has 2 saturated carbocycles. The summed E-state index contributed by atoms with van der Waals surface area (Å²) in [5, 5.41) is 13.4. The van der Waals surface area contributed by atoms with Crippen LogP contribution in [0.3, 0.4) is 0 Å². The molecule has 1 aromatic rings. The minimum absolute atomic E-state index is 0.0446. The van der Waals surface area contributed by atoms with Crippen LogP contribution in [0.1, 0.15) is 52.4 Å². The van der Waals surface area contributed by atoms with E-state index in [1.807, 2.05) is 36.4 Å². The summed E-state index contributed by atoms with van der Waals surface area (Å²) < 4.78 is 0. The summed E-state index contributed by atoms with van der Waals surface area (Å²) in [6, 6.07) is 9.29. The smallest absolute Gasteiger partial charge is 0.243 e. The molecule has 1 amide bonds. The zero-order valence-electron chi connectivity index (χ0n) is 18.4. The predicted octanol–water partition coefficient (Wildman–Crippen LogP) is 4.42. The molecule has 5 nitrogen and oxygen atoms in total. The summed E-state index contributed by atoms with van der Waals surface area (Å²) in [5.74, 6) is 1.62. The Morgan fingerprint density at radius 2 is 1.90 bits per heavy atom. The summed E-state index contributed by atoms with van der Waals surface area (Å²) in [6.45, 7) is 5.52. The van der Waals surface area contributed by atoms with Gasteiger partial charge in [-0.3, -0.25) is 9.59 Å². The van der Waals surface area contributed by atoms with Crippen LogP contribution in [0.25, 0.3) is 0 Å². The highest BCUT2D eigenvalue weighted by Crippen LogP contribution is 2.64. The van der Waals surface area contributed by atoms with Crippen molar-refractivity contribution in [1.29, 1.82) is 5.26 Å². The van der Waals surface area contributed by atoms with E-state index in [1.54, 1.807) is 0 Å². The molecule has 1 saturated heterocycles. The lowest BCUT2D eigenvalue weighted by atomic mass is 9.50. The number of nitrogens with one attached hydrogen (secondary N) is 1. The van der Waals surface area contributed by atoms with Crippen molar-refractivity contribution in [1.82, 2.24) is 5.32 Å². The Morgan fingerprint density at radius 3 is 2.65 bits per heavy atom. The third-order valence-electron chi connectivity index (χ3n) is 9.23. The third kappa shape index (κ3) is 2.95. The van der Waals surface area contributed by atoms with Gasteiger partial charge in [-0.25, -0.2) is 4.90 Å². The van der Waals surface area contributed by atoms with Gasteiger partial charge in [0.25, 0.3) is 0 Å². The van der Waals surface area contributed by atoms with E-state index in [2.05, 4.69) is 25.4 Å². The molecular weight excluding hydrogens is 386 g/mol. The number of anilines is 1. The second-order valence-corrected chi connectivity index (χ2v) is 10.5. The number of piperidine rings is 1. The molecule has 1 aromatic carbocycles. The number of hydrogen-bond acceptors (Lipinski definition) is 4. The zero-order chi connectivity index (χ0) is 21.8. The first-order valence-corrected chi connectivity index (χ1v) is 11.7. The number of carbonyl (C=O) groups excluding carboxylic acids is 2. The standard InChI is InChI=1S/C26H31N3O2/c1-25-13-11-21-19(15-28-23-14-18(30)10-12-26(21,23)2)20(25)8-9-22(25)24(31)29(16-27)17-6-4-3-5-7-17/h3-7,14,19-22,28H,8-13,15H2,1-2H3/t19-,20-,21+,22?,25-,26+/m0/s1. The molecule has 1 heterocycles. The first kappa shape index (κ1) is 20.3. The molecule has 1 aliphatic heterocycles. The van der Waals surface area contributed by atoms with Gasteiger partial charge in [0.15, 0.2) is 12.0 Å². The van der Waals surface area contributed by atoms with E-state index in [0.29, 0.717) is 29.9 Å². The van der Waals surface area contributed by atoms with Crippen molar-refractivity contribution in [2.75, 3.05) is 11.4 Å². The Balaban J connectivity index is 1.42. The maximum absolute atomic E-state index is 13.6. The van der Waals surface area contributed by atoms with Crippen LogP contribution in [-0.2, 0) is 9.59 Å². The van der Waals surface area contributed by atoms with Crippen LogP contribution in [-0.4, -0.2) is 18.2 Å². The molecule has 1 N–H and O–H groups in total. The van der Waals surface area contributed by atoms with E-state index in [1.165, 1.54) is 4.90 Å². The molecule has 1 unspecified atom stereocenters. The van der Waals surface area contributed by atoms with Gasteiger partial charge in [0, 0.05) is 36.1 Å². The highest BCUT2D eigenvalue weighted by Gasteiger charge is 2.60. The van der Waals surface area contributed by atoms with Crippen molar-refractivity contribution >= 4 is 17.4 Å². The Hall–Kier alpha value is -2.61. The highest BCUT2D eigenvalue weighted by molar-refractivity contribution is 5.98. The van der Waals surface area contributed by atoms with Crippen molar-refractivity contribution in [3.8, 4) is 6.19 Å². The van der Waals surface area contributed by atoms with Gasteiger partial charge in [-0.05, 0) is 67.4 Å². The second-order valence-electron chi connectivity index (χ2n) is 10.5. The molecular formula is C26H31N3O2. The maximum atomic E-state index is 13.6. The molecule has 4 aliphatic rings. The molecule has 5 rings (SSSR count). The summed E-state index contributed by atoms with van der Waals surface area (Å²) in [7, 11) is 0. The van der Waals surface area contributed by atoms with E-state index in [-0.39, 0.29) is 28.4 Å². The third-order valence-corrected chi connectivity index (χ3v) is 9.23. The van der Waals surface area contributed by atoms with Crippen molar-refractivity contribution < 1.29 is 9.59 Å². The van der Waals surface area contributed by atoms with E-state index in [4.69, 9.17) is 0 Å². The first-order valence-electron chi connectivity index (χ1n) is 11.7. The Labute approximate surface area is 184 Å². The maximum Gasteiger partial charge on any atom is 0.243 e. The molecule has 6 atom stereocenters. The van der Waals surface area contributed by atoms with E-state index in [9.17, 15) is 14.9 Å². The number of allylic oxidation sites excluding steroid dienone is 2. The number of amides is 1. The summed E-state index contributed by atoms with van der Waals surface area (Å²) in [5.41, 5.74) is 1.76. The van der Waals surface area contributed by atoms with Gasteiger partial charge < -0.3 is 5.32 Å². The molecule has 0 aromatic heterocycles.